The highest BCUT2D eigenvalue weighted by Crippen LogP contribution is 2.24. The van der Waals surface area contributed by atoms with Crippen molar-refractivity contribution in [1.29, 1.82) is 0 Å². The average molecular weight is 347 g/mol. The van der Waals surface area contributed by atoms with E-state index in [4.69, 9.17) is 9.73 Å². The molecule has 0 saturated heterocycles. The van der Waals surface area contributed by atoms with E-state index in [1.807, 2.05) is 31.2 Å². The van der Waals surface area contributed by atoms with Gasteiger partial charge in [0.25, 0.3) is 0 Å². The molecule has 0 saturated carbocycles. The van der Waals surface area contributed by atoms with Gasteiger partial charge in [-0.15, -0.1) is 0 Å². The van der Waals surface area contributed by atoms with Crippen molar-refractivity contribution in [2.45, 2.75) is 20.0 Å². The first-order valence-corrected chi connectivity index (χ1v) is 8.55. The van der Waals surface area contributed by atoms with Crippen molar-refractivity contribution in [3.63, 3.8) is 0 Å². The molecule has 2 aromatic carbocycles. The van der Waals surface area contributed by atoms with Crippen molar-refractivity contribution in [3.8, 4) is 5.75 Å². The summed E-state index contributed by atoms with van der Waals surface area (Å²) in [4.78, 5) is 4.71. The van der Waals surface area contributed by atoms with Crippen LogP contribution in [-0.4, -0.2) is 28.2 Å². The van der Waals surface area contributed by atoms with Gasteiger partial charge in [0.1, 0.15) is 5.75 Å². The van der Waals surface area contributed by atoms with E-state index in [1.165, 1.54) is 11.1 Å². The number of rotatable bonds is 4. The third-order valence-electron chi connectivity index (χ3n) is 4.33. The van der Waals surface area contributed by atoms with E-state index >= 15 is 0 Å². The molecular formula is C20H21N5O. The van der Waals surface area contributed by atoms with E-state index in [1.54, 1.807) is 7.11 Å². The maximum Gasteiger partial charge on any atom is 0.175 e. The quantitative estimate of drug-likeness (QED) is 0.760. The monoisotopic (exact) mass is 347 g/mol. The highest BCUT2D eigenvalue weighted by atomic mass is 16.5. The maximum atomic E-state index is 5.39. The minimum Gasteiger partial charge on any atom is -0.497 e. The van der Waals surface area contributed by atoms with Crippen LogP contribution in [0.2, 0.25) is 0 Å². The van der Waals surface area contributed by atoms with Crippen molar-refractivity contribution in [2.24, 2.45) is 4.99 Å². The third-order valence-corrected chi connectivity index (χ3v) is 4.33. The molecule has 1 aliphatic rings. The van der Waals surface area contributed by atoms with E-state index in [-0.39, 0.29) is 0 Å². The third kappa shape index (κ3) is 3.45. The number of aromatic nitrogens is 2. The van der Waals surface area contributed by atoms with E-state index in [0.29, 0.717) is 5.82 Å². The number of hydrazine groups is 1. The lowest BCUT2D eigenvalue weighted by molar-refractivity contribution is 0.209. The molecule has 132 valence electrons. The van der Waals surface area contributed by atoms with Crippen LogP contribution in [0, 0.1) is 6.92 Å². The Hall–Kier alpha value is -3.12. The molecule has 0 fully saturated rings. The molecule has 1 aromatic heterocycles. The predicted molar refractivity (Wildman–Crippen MR) is 101 cm³/mol. The van der Waals surface area contributed by atoms with E-state index in [2.05, 4.69) is 51.0 Å². The normalized spacial score (nSPS) is 15.5. The molecule has 0 unspecified atom stereocenters. The van der Waals surface area contributed by atoms with Gasteiger partial charge in [0.05, 0.1) is 7.11 Å². The van der Waals surface area contributed by atoms with Gasteiger partial charge in [0.2, 0.25) is 0 Å². The second-order valence-electron chi connectivity index (χ2n) is 6.35. The van der Waals surface area contributed by atoms with Gasteiger partial charge in [-0.25, -0.2) is 10.0 Å². The smallest absolute Gasteiger partial charge is 0.175 e. The maximum absolute atomic E-state index is 5.39. The van der Waals surface area contributed by atoms with Crippen LogP contribution in [0.15, 0.2) is 59.6 Å². The molecule has 4 rings (SSSR count). The Balaban J connectivity index is 1.69. The number of ether oxygens (including phenoxy) is 1. The number of nitrogens with zero attached hydrogens (tertiary/aromatic N) is 3. The van der Waals surface area contributed by atoms with Crippen molar-refractivity contribution < 1.29 is 4.74 Å². The molecule has 6 nitrogen and oxygen atoms in total. The number of aryl methyl sites for hydroxylation is 1. The topological polar surface area (TPSA) is 65.5 Å². The van der Waals surface area contributed by atoms with Crippen LogP contribution in [0.1, 0.15) is 22.4 Å². The summed E-state index contributed by atoms with van der Waals surface area (Å²) in [6, 6.07) is 18.4. The van der Waals surface area contributed by atoms with Gasteiger partial charge in [-0.3, -0.25) is 5.10 Å². The Kier molecular flexibility index (Phi) is 4.41. The largest absolute Gasteiger partial charge is 0.497 e. The van der Waals surface area contributed by atoms with E-state index < -0.39 is 0 Å². The van der Waals surface area contributed by atoms with E-state index in [9.17, 15) is 0 Å². The van der Waals surface area contributed by atoms with Crippen LogP contribution >= 0.6 is 0 Å². The van der Waals surface area contributed by atoms with Gasteiger partial charge in [-0.2, -0.15) is 5.10 Å². The Labute approximate surface area is 152 Å². The van der Waals surface area contributed by atoms with Crippen molar-refractivity contribution >= 4 is 11.7 Å². The minimum absolute atomic E-state index is 0.660. The number of amidine groups is 1. The zero-order chi connectivity index (χ0) is 17.9. The predicted octanol–water partition coefficient (Wildman–Crippen LogP) is 3.33. The summed E-state index contributed by atoms with van der Waals surface area (Å²) < 4.78 is 5.39. The molecule has 0 radical (unpaired) electrons. The zero-order valence-corrected chi connectivity index (χ0v) is 14.9. The standard InChI is InChI=1S/C20H21N5O/c1-14-10-19(23-22-14)21-20-18-9-8-17(26-2)11-16(18)13-25(24-20)12-15-6-4-3-5-7-15/h3-11H,12-13H2,1-2H3,(H2,21,22,23,24). The number of benzene rings is 2. The molecule has 0 bridgehead atoms. The fourth-order valence-corrected chi connectivity index (χ4v) is 3.07. The summed E-state index contributed by atoms with van der Waals surface area (Å²) in [5.74, 6) is 2.30. The number of H-pyrrole nitrogens is 1. The SMILES string of the molecule is COc1ccc2c(c1)CN(Cc1ccccc1)NC2=Nc1cc(C)[nH]n1. The fourth-order valence-electron chi connectivity index (χ4n) is 3.07. The number of fused-ring (bicyclic) bond motifs is 1. The summed E-state index contributed by atoms with van der Waals surface area (Å²) in [6.45, 7) is 3.50. The molecule has 2 N–H and O–H groups in total. The first-order chi connectivity index (χ1) is 12.7. The lowest BCUT2D eigenvalue weighted by atomic mass is 10.0. The van der Waals surface area contributed by atoms with E-state index in [0.717, 1.165) is 35.9 Å². The molecular weight excluding hydrogens is 326 g/mol. The molecule has 1 aliphatic heterocycles. The second-order valence-corrected chi connectivity index (χ2v) is 6.35. The lowest BCUT2D eigenvalue weighted by Crippen LogP contribution is -2.45. The zero-order valence-electron chi connectivity index (χ0n) is 14.9. The molecule has 0 spiro atoms. The van der Waals surface area contributed by atoms with Crippen LogP contribution < -0.4 is 10.2 Å². The number of aliphatic imine (C=N–C) groups is 1. The summed E-state index contributed by atoms with van der Waals surface area (Å²) in [5, 5.41) is 9.31. The Bertz CT molecular complexity index is 932. The first kappa shape index (κ1) is 16.4. The highest BCUT2D eigenvalue weighted by Gasteiger charge is 2.22. The van der Waals surface area contributed by atoms with Crippen LogP contribution in [0.5, 0.6) is 5.75 Å². The van der Waals surface area contributed by atoms with Crippen LogP contribution in [0.25, 0.3) is 0 Å². The molecule has 0 aliphatic carbocycles. The van der Waals surface area contributed by atoms with Gasteiger partial charge >= 0.3 is 0 Å². The molecule has 6 heteroatoms. The Morgan fingerprint density at radius 2 is 2.00 bits per heavy atom. The number of methoxy groups -OCH3 is 1. The Morgan fingerprint density at radius 3 is 2.73 bits per heavy atom. The summed E-state index contributed by atoms with van der Waals surface area (Å²) in [6.07, 6.45) is 0. The second kappa shape index (κ2) is 7.01. The van der Waals surface area contributed by atoms with Gasteiger partial charge in [-0.05, 0) is 36.2 Å². The number of hydrogen-bond acceptors (Lipinski definition) is 4. The van der Waals surface area contributed by atoms with Gasteiger partial charge in [0, 0.05) is 30.4 Å². The molecule has 26 heavy (non-hydrogen) atoms. The fraction of sp³-hybridized carbons (Fsp3) is 0.200. The Morgan fingerprint density at radius 1 is 1.15 bits per heavy atom. The summed E-state index contributed by atoms with van der Waals surface area (Å²) in [7, 11) is 1.69. The van der Waals surface area contributed by atoms with Crippen LogP contribution in [0.3, 0.4) is 0 Å². The molecule has 3 aromatic rings. The average Bonchev–Trinajstić information content (AvgIpc) is 3.07. The summed E-state index contributed by atoms with van der Waals surface area (Å²) >= 11 is 0. The van der Waals surface area contributed by atoms with Crippen molar-refractivity contribution in [3.05, 3.63) is 77.0 Å². The van der Waals surface area contributed by atoms with Crippen molar-refractivity contribution in [2.75, 3.05) is 7.11 Å². The van der Waals surface area contributed by atoms with Crippen LogP contribution in [-0.2, 0) is 13.1 Å². The molecule has 0 amide bonds. The number of aromatic amines is 1. The highest BCUT2D eigenvalue weighted by molar-refractivity contribution is 6.01. The van der Waals surface area contributed by atoms with Gasteiger partial charge < -0.3 is 10.2 Å². The minimum atomic E-state index is 0.660. The molecule has 2 heterocycles. The van der Waals surface area contributed by atoms with Gasteiger partial charge in [0.15, 0.2) is 11.7 Å². The van der Waals surface area contributed by atoms with Crippen LogP contribution in [0.4, 0.5) is 5.82 Å². The number of hydrogen-bond donors (Lipinski definition) is 2. The summed E-state index contributed by atoms with van der Waals surface area (Å²) in [5.41, 5.74) is 7.90. The van der Waals surface area contributed by atoms with Gasteiger partial charge in [-0.1, -0.05) is 30.3 Å². The molecule has 0 atom stereocenters. The first-order valence-electron chi connectivity index (χ1n) is 8.55. The lowest BCUT2D eigenvalue weighted by Gasteiger charge is -2.31. The number of nitrogens with one attached hydrogen (secondary N) is 2. The van der Waals surface area contributed by atoms with Crippen molar-refractivity contribution in [1.82, 2.24) is 20.6 Å².